The normalized spacial score (nSPS) is 16.8. The number of aliphatic hydroxyl groups excluding tert-OH is 1. The maximum atomic E-state index is 14.0. The van der Waals surface area contributed by atoms with Crippen molar-refractivity contribution in [2.24, 2.45) is 0 Å². The summed E-state index contributed by atoms with van der Waals surface area (Å²) in [6, 6.07) is 4.21. The van der Waals surface area contributed by atoms with E-state index in [9.17, 15) is 18.8 Å². The number of thiophene rings is 1. The molecule has 0 bridgehead atoms. The molecule has 12 nitrogen and oxygen atoms in total. The van der Waals surface area contributed by atoms with Crippen molar-refractivity contribution in [1.82, 2.24) is 29.4 Å². The van der Waals surface area contributed by atoms with Crippen LogP contribution in [0, 0.1) is 12.7 Å². The molecule has 14 heteroatoms. The van der Waals surface area contributed by atoms with E-state index in [1.54, 1.807) is 21.0 Å². The number of aliphatic hydroxyl groups is 1. The van der Waals surface area contributed by atoms with Crippen LogP contribution in [-0.2, 0) is 28.0 Å². The summed E-state index contributed by atoms with van der Waals surface area (Å²) in [5, 5.41) is 20.0. The van der Waals surface area contributed by atoms with Gasteiger partial charge in [0.05, 0.1) is 38.1 Å². The van der Waals surface area contributed by atoms with Gasteiger partial charge in [-0.2, -0.15) is 10.2 Å². The average molecular weight is 589 g/mol. The highest BCUT2D eigenvalue weighted by atomic mass is 32.1. The summed E-state index contributed by atoms with van der Waals surface area (Å²) in [7, 11) is 3.05. The molecule has 1 saturated heterocycles. The number of amides is 1. The Kier molecular flexibility index (Phi) is 9.35. The molecule has 0 spiro atoms. The van der Waals surface area contributed by atoms with Crippen molar-refractivity contribution in [3.8, 4) is 10.8 Å². The number of hydrogen-bond acceptors (Lipinski definition) is 9. The molecule has 5 rings (SSSR count). The van der Waals surface area contributed by atoms with Crippen LogP contribution in [0.2, 0.25) is 0 Å². The van der Waals surface area contributed by atoms with Crippen LogP contribution in [-0.4, -0.2) is 69.1 Å². The fraction of sp³-hybridized carbons (Fsp3) is 0.444. The number of benzene rings is 1. The molecule has 0 aliphatic carbocycles. The molecular weight excluding hydrogens is 555 g/mol. The number of aryl methyl sites for hydroxylation is 3. The van der Waals surface area contributed by atoms with Gasteiger partial charge in [-0.1, -0.05) is 11.3 Å². The number of nitrogens with zero attached hydrogens (tertiary/aromatic N) is 5. The van der Waals surface area contributed by atoms with Crippen molar-refractivity contribution in [1.29, 1.82) is 0 Å². The number of carbonyl (C=O) groups excluding carboxylic acids is 1. The number of fused-ring (bicyclic) bond motifs is 1. The third kappa shape index (κ3) is 5.80. The SMILES string of the molecule is COCCO.COc1ccc(F)cc1CCn1c(=O)n([C@@]2(C)CCCNC2=O)c(=O)c2c(C)c(-n3nccn3)sc21. The smallest absolute Gasteiger partial charge is 0.333 e. The number of nitrogens with one attached hydrogen (secondary N) is 1. The minimum Gasteiger partial charge on any atom is -0.496 e. The number of halogens is 1. The van der Waals surface area contributed by atoms with E-state index in [-0.39, 0.29) is 25.5 Å². The second kappa shape index (κ2) is 12.7. The van der Waals surface area contributed by atoms with Crippen LogP contribution in [0.15, 0.2) is 40.2 Å². The second-order valence-electron chi connectivity index (χ2n) is 9.66. The van der Waals surface area contributed by atoms with Crippen LogP contribution in [0.4, 0.5) is 4.39 Å². The summed E-state index contributed by atoms with van der Waals surface area (Å²) in [6.07, 6.45) is 4.31. The lowest BCUT2D eigenvalue weighted by molar-refractivity contribution is -0.131. The first kappa shape index (κ1) is 30.1. The van der Waals surface area contributed by atoms with E-state index < -0.39 is 22.6 Å². The van der Waals surface area contributed by atoms with Gasteiger partial charge < -0.3 is 19.9 Å². The summed E-state index contributed by atoms with van der Waals surface area (Å²) in [6.45, 7) is 4.59. The molecule has 1 aromatic carbocycles. The fourth-order valence-corrected chi connectivity index (χ4v) is 6.13. The van der Waals surface area contributed by atoms with Crippen LogP contribution < -0.4 is 21.3 Å². The number of hydrogen-bond donors (Lipinski definition) is 2. The zero-order valence-electron chi connectivity index (χ0n) is 23.3. The van der Waals surface area contributed by atoms with Gasteiger partial charge in [-0.05, 0) is 56.9 Å². The third-order valence-corrected chi connectivity index (χ3v) is 8.32. The molecule has 41 heavy (non-hydrogen) atoms. The van der Waals surface area contributed by atoms with Gasteiger partial charge in [0, 0.05) is 25.8 Å². The maximum absolute atomic E-state index is 14.0. The van der Waals surface area contributed by atoms with Gasteiger partial charge >= 0.3 is 5.69 Å². The van der Waals surface area contributed by atoms with Crippen LogP contribution in [0.25, 0.3) is 15.2 Å². The number of piperidine rings is 1. The van der Waals surface area contributed by atoms with Crippen LogP contribution in [0.1, 0.15) is 30.9 Å². The molecule has 1 aliphatic rings. The van der Waals surface area contributed by atoms with E-state index >= 15 is 0 Å². The Labute approximate surface area is 238 Å². The molecule has 1 aliphatic heterocycles. The van der Waals surface area contributed by atoms with Crippen LogP contribution in [0.5, 0.6) is 5.75 Å². The molecule has 0 unspecified atom stereocenters. The molecule has 2 N–H and O–H groups in total. The highest BCUT2D eigenvalue weighted by molar-refractivity contribution is 7.21. The molecule has 1 atom stereocenters. The van der Waals surface area contributed by atoms with Crippen molar-refractivity contribution >= 4 is 27.5 Å². The summed E-state index contributed by atoms with van der Waals surface area (Å²) < 4.78 is 26.3. The van der Waals surface area contributed by atoms with E-state index in [2.05, 4.69) is 20.3 Å². The number of rotatable bonds is 8. The van der Waals surface area contributed by atoms with Crippen molar-refractivity contribution < 1.29 is 23.8 Å². The van der Waals surface area contributed by atoms with Gasteiger partial charge in [-0.25, -0.2) is 13.8 Å². The molecule has 4 aromatic rings. The van der Waals surface area contributed by atoms with Crippen molar-refractivity contribution in [3.63, 3.8) is 0 Å². The lowest BCUT2D eigenvalue weighted by Gasteiger charge is -2.34. The Hall–Kier alpha value is -3.88. The van der Waals surface area contributed by atoms with Gasteiger partial charge in [0.1, 0.15) is 26.9 Å². The molecule has 220 valence electrons. The Morgan fingerprint density at radius 2 is 1.93 bits per heavy atom. The lowest BCUT2D eigenvalue weighted by atomic mass is 9.91. The molecule has 1 amide bonds. The van der Waals surface area contributed by atoms with Gasteiger partial charge in [0.2, 0.25) is 5.91 Å². The summed E-state index contributed by atoms with van der Waals surface area (Å²) in [5.41, 5.74) is -1.26. The highest BCUT2D eigenvalue weighted by Gasteiger charge is 2.41. The zero-order valence-corrected chi connectivity index (χ0v) is 24.2. The summed E-state index contributed by atoms with van der Waals surface area (Å²) in [5.74, 6) is -0.289. The molecule has 1 fully saturated rings. The van der Waals surface area contributed by atoms with E-state index in [1.165, 1.54) is 58.4 Å². The van der Waals surface area contributed by atoms with Crippen LogP contribution >= 0.6 is 11.3 Å². The van der Waals surface area contributed by atoms with Crippen LogP contribution in [0.3, 0.4) is 0 Å². The Balaban J connectivity index is 0.000000714. The number of carbonyl (C=O) groups is 1. The Morgan fingerprint density at radius 1 is 1.20 bits per heavy atom. The zero-order chi connectivity index (χ0) is 29.7. The molecule has 0 radical (unpaired) electrons. The largest absolute Gasteiger partial charge is 0.496 e. The second-order valence-corrected chi connectivity index (χ2v) is 10.6. The quantitative estimate of drug-likeness (QED) is 0.317. The first-order valence-corrected chi connectivity index (χ1v) is 13.9. The van der Waals surface area contributed by atoms with Crippen molar-refractivity contribution in [2.45, 2.75) is 45.2 Å². The average Bonchev–Trinajstić information content (AvgIpc) is 3.59. The van der Waals surface area contributed by atoms with E-state index in [4.69, 9.17) is 9.84 Å². The highest BCUT2D eigenvalue weighted by Crippen LogP contribution is 2.32. The van der Waals surface area contributed by atoms with Gasteiger partial charge in [-0.15, -0.1) is 4.80 Å². The maximum Gasteiger partial charge on any atom is 0.333 e. The van der Waals surface area contributed by atoms with Gasteiger partial charge in [0.25, 0.3) is 5.56 Å². The number of aromatic nitrogens is 5. The molecule has 4 heterocycles. The minimum absolute atomic E-state index is 0.122. The topological polar surface area (TPSA) is 142 Å². The van der Waals surface area contributed by atoms with Crippen molar-refractivity contribution in [2.75, 3.05) is 34.0 Å². The molecule has 3 aromatic heterocycles. The van der Waals surface area contributed by atoms with E-state index in [1.807, 2.05) is 0 Å². The predicted molar refractivity (Wildman–Crippen MR) is 152 cm³/mol. The molecule has 0 saturated carbocycles. The minimum atomic E-state index is -1.34. The van der Waals surface area contributed by atoms with E-state index in [0.29, 0.717) is 58.1 Å². The van der Waals surface area contributed by atoms with Gasteiger partial charge in [0.15, 0.2) is 0 Å². The van der Waals surface area contributed by atoms with E-state index in [0.717, 1.165) is 4.57 Å². The first-order valence-electron chi connectivity index (χ1n) is 13.0. The Bertz CT molecular complexity index is 1640. The number of methoxy groups -OCH3 is 2. The standard InChI is InChI=1S/C24H25FN6O4S.C3H8O2/c1-14-18-19(32)30(24(2)8-4-9-26-22(24)33)23(34)29(21(18)36-20(14)31-27-10-11-28-31)12-7-15-13-16(25)5-6-17(15)35-3;1-5-3-2-4/h5-6,10-11,13H,4,7-9,12H2,1-3H3,(H,26,33);4H,2-3H2,1H3/t24-;/m0./s1. The Morgan fingerprint density at radius 3 is 2.54 bits per heavy atom. The monoisotopic (exact) mass is 588 g/mol. The predicted octanol–water partition coefficient (Wildman–Crippen LogP) is 1.75. The van der Waals surface area contributed by atoms with Gasteiger partial charge in [-0.3, -0.25) is 14.2 Å². The number of ether oxygens (including phenoxy) is 2. The third-order valence-electron chi connectivity index (χ3n) is 7.04. The lowest BCUT2D eigenvalue weighted by Crippen LogP contribution is -2.59. The van der Waals surface area contributed by atoms with Crippen molar-refractivity contribution in [3.05, 3.63) is 68.4 Å². The fourth-order valence-electron chi connectivity index (χ4n) is 4.90. The first-order chi connectivity index (χ1) is 19.7. The molecular formula is C27H33FN6O6S. The summed E-state index contributed by atoms with van der Waals surface area (Å²) >= 11 is 1.22. The summed E-state index contributed by atoms with van der Waals surface area (Å²) in [4.78, 5) is 42.5.